The van der Waals surface area contributed by atoms with Crippen molar-refractivity contribution in [1.29, 1.82) is 0 Å². The van der Waals surface area contributed by atoms with Gasteiger partial charge in [0.25, 0.3) is 5.56 Å². The maximum Gasteiger partial charge on any atom is 0.328 e. The van der Waals surface area contributed by atoms with E-state index in [1.807, 2.05) is 6.92 Å². The van der Waals surface area contributed by atoms with Crippen molar-refractivity contribution in [3.05, 3.63) is 32.6 Å². The number of hydrogen-bond donors (Lipinski definition) is 1. The molecule has 1 aromatic heterocycles. The first-order chi connectivity index (χ1) is 9.10. The van der Waals surface area contributed by atoms with Crippen LogP contribution in [0.2, 0.25) is 0 Å². The van der Waals surface area contributed by atoms with Gasteiger partial charge >= 0.3 is 5.69 Å². The summed E-state index contributed by atoms with van der Waals surface area (Å²) < 4.78 is 1.61. The van der Waals surface area contributed by atoms with Crippen molar-refractivity contribution in [2.24, 2.45) is 0 Å². The molecular formula is C13H22N4O2. The minimum Gasteiger partial charge on any atom is -0.304 e. The van der Waals surface area contributed by atoms with Crippen LogP contribution in [-0.2, 0) is 13.0 Å². The lowest BCUT2D eigenvalue weighted by Crippen LogP contribution is -2.46. The SMILES string of the molecule is CCc1cn(CCN2CCN(C)CC2)c(=O)[nH]c1=O. The number of H-pyrrole nitrogens is 1. The molecule has 1 saturated heterocycles. The molecular weight excluding hydrogens is 244 g/mol. The molecule has 0 radical (unpaired) electrons. The van der Waals surface area contributed by atoms with Crippen LogP contribution in [0.1, 0.15) is 12.5 Å². The van der Waals surface area contributed by atoms with Crippen LogP contribution in [0.15, 0.2) is 15.8 Å². The van der Waals surface area contributed by atoms with Crippen LogP contribution in [0, 0.1) is 0 Å². The Morgan fingerprint density at radius 1 is 1.16 bits per heavy atom. The van der Waals surface area contributed by atoms with Crippen molar-refractivity contribution in [3.63, 3.8) is 0 Å². The van der Waals surface area contributed by atoms with Gasteiger partial charge in [-0.15, -0.1) is 0 Å². The lowest BCUT2D eigenvalue weighted by molar-refractivity contribution is 0.149. The average molecular weight is 266 g/mol. The van der Waals surface area contributed by atoms with Crippen molar-refractivity contribution < 1.29 is 0 Å². The van der Waals surface area contributed by atoms with E-state index in [9.17, 15) is 9.59 Å². The van der Waals surface area contributed by atoms with E-state index in [4.69, 9.17) is 0 Å². The van der Waals surface area contributed by atoms with Crippen LogP contribution in [0.25, 0.3) is 0 Å². The zero-order chi connectivity index (χ0) is 13.8. The first-order valence-electron chi connectivity index (χ1n) is 6.83. The molecule has 0 saturated carbocycles. The summed E-state index contributed by atoms with van der Waals surface area (Å²) in [4.78, 5) is 30.2. The van der Waals surface area contributed by atoms with Crippen LogP contribution in [0.4, 0.5) is 0 Å². The van der Waals surface area contributed by atoms with E-state index in [1.165, 1.54) is 0 Å². The van der Waals surface area contributed by atoms with Gasteiger partial charge < -0.3 is 4.90 Å². The minimum absolute atomic E-state index is 0.261. The van der Waals surface area contributed by atoms with Crippen molar-refractivity contribution >= 4 is 0 Å². The summed E-state index contributed by atoms with van der Waals surface area (Å²) in [7, 11) is 2.12. The molecule has 106 valence electrons. The van der Waals surface area contributed by atoms with Crippen LogP contribution < -0.4 is 11.2 Å². The Bertz CT molecular complexity index is 526. The smallest absolute Gasteiger partial charge is 0.304 e. The molecule has 19 heavy (non-hydrogen) atoms. The largest absolute Gasteiger partial charge is 0.328 e. The quantitative estimate of drug-likeness (QED) is 0.786. The zero-order valence-electron chi connectivity index (χ0n) is 11.7. The number of hydrogen-bond acceptors (Lipinski definition) is 4. The summed E-state index contributed by atoms with van der Waals surface area (Å²) in [5.74, 6) is 0. The molecule has 1 N–H and O–H groups in total. The number of rotatable bonds is 4. The molecule has 0 amide bonds. The molecule has 1 aromatic rings. The van der Waals surface area contributed by atoms with E-state index in [-0.39, 0.29) is 11.2 Å². The molecule has 0 spiro atoms. The van der Waals surface area contributed by atoms with Gasteiger partial charge in [-0.25, -0.2) is 4.79 Å². The van der Waals surface area contributed by atoms with Gasteiger partial charge in [0.2, 0.25) is 0 Å². The fourth-order valence-electron chi connectivity index (χ4n) is 2.29. The maximum absolute atomic E-state index is 11.7. The maximum atomic E-state index is 11.7. The van der Waals surface area contributed by atoms with E-state index in [0.29, 0.717) is 18.5 Å². The molecule has 1 fully saturated rings. The predicted octanol–water partition coefficient (Wildman–Crippen LogP) is -0.654. The first kappa shape index (κ1) is 14.0. The van der Waals surface area contributed by atoms with Gasteiger partial charge in [-0.3, -0.25) is 19.2 Å². The molecule has 0 unspecified atom stereocenters. The van der Waals surface area contributed by atoms with E-state index >= 15 is 0 Å². The molecule has 1 aliphatic heterocycles. The standard InChI is InChI=1S/C13H22N4O2/c1-3-11-10-17(13(19)14-12(11)18)9-8-16-6-4-15(2)5-7-16/h10H,3-9H2,1-2H3,(H,14,18,19). The third-order valence-electron chi connectivity index (χ3n) is 3.72. The van der Waals surface area contributed by atoms with Gasteiger partial charge in [0, 0.05) is 51.0 Å². The van der Waals surface area contributed by atoms with Crippen molar-refractivity contribution in [3.8, 4) is 0 Å². The number of nitrogens with zero attached hydrogens (tertiary/aromatic N) is 3. The lowest BCUT2D eigenvalue weighted by atomic mass is 10.2. The van der Waals surface area contributed by atoms with Crippen molar-refractivity contribution in [1.82, 2.24) is 19.4 Å². The van der Waals surface area contributed by atoms with Gasteiger partial charge in [-0.1, -0.05) is 6.92 Å². The number of piperazine rings is 1. The molecule has 0 atom stereocenters. The second kappa shape index (κ2) is 6.16. The third-order valence-corrected chi connectivity index (χ3v) is 3.72. The average Bonchev–Trinajstić information content (AvgIpc) is 2.40. The van der Waals surface area contributed by atoms with Crippen molar-refractivity contribution in [2.75, 3.05) is 39.8 Å². The minimum atomic E-state index is -0.309. The normalized spacial score (nSPS) is 17.8. The van der Waals surface area contributed by atoms with Gasteiger partial charge in [-0.05, 0) is 13.5 Å². The van der Waals surface area contributed by atoms with Crippen LogP contribution >= 0.6 is 0 Å². The van der Waals surface area contributed by atoms with Gasteiger partial charge in [0.1, 0.15) is 0 Å². The summed E-state index contributed by atoms with van der Waals surface area (Å²) >= 11 is 0. The van der Waals surface area contributed by atoms with E-state index in [2.05, 4.69) is 21.8 Å². The Morgan fingerprint density at radius 3 is 2.47 bits per heavy atom. The Morgan fingerprint density at radius 2 is 1.84 bits per heavy atom. The number of likely N-dealkylation sites (N-methyl/N-ethyl adjacent to an activating group) is 1. The molecule has 6 heteroatoms. The third kappa shape index (κ3) is 3.54. The van der Waals surface area contributed by atoms with Gasteiger partial charge in [-0.2, -0.15) is 0 Å². The lowest BCUT2D eigenvalue weighted by Gasteiger charge is -2.32. The molecule has 6 nitrogen and oxygen atoms in total. The fourth-order valence-corrected chi connectivity index (χ4v) is 2.29. The molecule has 2 rings (SSSR count). The summed E-state index contributed by atoms with van der Waals surface area (Å²) in [5, 5.41) is 0. The molecule has 1 aliphatic rings. The topological polar surface area (TPSA) is 61.3 Å². The second-order valence-electron chi connectivity index (χ2n) is 5.11. The highest BCUT2D eigenvalue weighted by atomic mass is 16.2. The molecule has 0 aliphatic carbocycles. The highest BCUT2D eigenvalue weighted by Gasteiger charge is 2.13. The number of aromatic amines is 1. The predicted molar refractivity (Wildman–Crippen MR) is 74.6 cm³/mol. The van der Waals surface area contributed by atoms with Crippen molar-refractivity contribution in [2.45, 2.75) is 19.9 Å². The summed E-state index contributed by atoms with van der Waals surface area (Å²) in [6, 6.07) is 0. The number of nitrogens with one attached hydrogen (secondary N) is 1. The number of aryl methyl sites for hydroxylation is 1. The highest BCUT2D eigenvalue weighted by Crippen LogP contribution is 1.99. The molecule has 2 heterocycles. The number of aromatic nitrogens is 2. The van der Waals surface area contributed by atoms with Crippen LogP contribution in [0.3, 0.4) is 0 Å². The van der Waals surface area contributed by atoms with Crippen LogP contribution in [-0.4, -0.2) is 59.1 Å². The molecule has 0 aromatic carbocycles. The Labute approximate surface area is 112 Å². The van der Waals surface area contributed by atoms with Crippen LogP contribution in [0.5, 0.6) is 0 Å². The first-order valence-corrected chi connectivity index (χ1v) is 6.83. The summed E-state index contributed by atoms with van der Waals surface area (Å²) in [6.07, 6.45) is 2.33. The summed E-state index contributed by atoms with van der Waals surface area (Å²) in [6.45, 7) is 7.61. The fraction of sp³-hybridized carbons (Fsp3) is 0.692. The Balaban J connectivity index is 1.99. The van der Waals surface area contributed by atoms with E-state index in [1.54, 1.807) is 10.8 Å². The van der Waals surface area contributed by atoms with E-state index in [0.717, 1.165) is 32.7 Å². The zero-order valence-corrected chi connectivity index (χ0v) is 11.7. The van der Waals surface area contributed by atoms with Gasteiger partial charge in [0.05, 0.1) is 0 Å². The van der Waals surface area contributed by atoms with Gasteiger partial charge in [0.15, 0.2) is 0 Å². The monoisotopic (exact) mass is 266 g/mol. The highest BCUT2D eigenvalue weighted by molar-refractivity contribution is 5.03. The Kier molecular flexibility index (Phi) is 4.55. The molecule has 0 bridgehead atoms. The summed E-state index contributed by atoms with van der Waals surface area (Å²) in [5.41, 5.74) is 0.0950. The second-order valence-corrected chi connectivity index (χ2v) is 5.11. The van der Waals surface area contributed by atoms with E-state index < -0.39 is 0 Å². The Hall–Kier alpha value is -1.40.